The van der Waals surface area contributed by atoms with Gasteiger partial charge in [-0.15, -0.1) is 0 Å². The quantitative estimate of drug-likeness (QED) is 0.143. The molecule has 4 heteroatoms. The van der Waals surface area contributed by atoms with Crippen LogP contribution in [0.25, 0.3) is 87.6 Å². The zero-order valence-corrected chi connectivity index (χ0v) is 35.0. The van der Waals surface area contributed by atoms with Crippen LogP contribution in [0, 0.1) is 0 Å². The van der Waals surface area contributed by atoms with Crippen molar-refractivity contribution in [2.24, 2.45) is 4.99 Å². The Hall–Kier alpha value is -7.53. The van der Waals surface area contributed by atoms with Gasteiger partial charge in [-0.25, -0.2) is 0 Å². The van der Waals surface area contributed by atoms with E-state index in [1.54, 1.807) is 0 Å². The third-order valence-corrected chi connectivity index (χ3v) is 13.1. The van der Waals surface area contributed by atoms with Crippen LogP contribution in [0.2, 0.25) is 0 Å². The molecule has 0 aliphatic carbocycles. The van der Waals surface area contributed by atoms with Crippen LogP contribution in [0.15, 0.2) is 199 Å². The van der Waals surface area contributed by atoms with Crippen molar-refractivity contribution in [3.05, 3.63) is 205 Å². The molecule has 11 rings (SSSR count). The Labute approximate surface area is 367 Å². The average molecular weight is 815 g/mol. The standard InChI is InChI=1S/C59H46N2O2/c62-58-45(34-43-22-9-13-27-50(43)56(58)54-48-25-11-7-20-41(48)29-31-52(54)39-16-3-1-4-17-39)36-60-37-47-24-15-33-61(47)38-46-35-44-23-10-14-28-51(44)57(59(46)63)55-49-26-12-8-21-42(49)30-32-53(55)40-18-5-2-6-19-40/h1-14,16-23,25-32,34-36,47,62-63H,15,24,33,37-38H2/t47-/m0/s1. The summed E-state index contributed by atoms with van der Waals surface area (Å²) in [6.45, 7) is 2.10. The van der Waals surface area contributed by atoms with Gasteiger partial charge >= 0.3 is 0 Å². The van der Waals surface area contributed by atoms with E-state index >= 15 is 0 Å². The van der Waals surface area contributed by atoms with Gasteiger partial charge in [0.1, 0.15) is 11.5 Å². The number of aliphatic imine (C=N–C) groups is 1. The number of hydrogen-bond acceptors (Lipinski definition) is 4. The molecule has 0 unspecified atom stereocenters. The van der Waals surface area contributed by atoms with Gasteiger partial charge in [-0.05, 0) is 96.9 Å². The summed E-state index contributed by atoms with van der Waals surface area (Å²) in [5.74, 6) is 0.555. The number of aromatic hydroxyl groups is 2. The van der Waals surface area contributed by atoms with Crippen molar-refractivity contribution in [3.8, 4) is 56.0 Å². The van der Waals surface area contributed by atoms with Crippen molar-refractivity contribution in [2.75, 3.05) is 13.1 Å². The minimum Gasteiger partial charge on any atom is -0.507 e. The smallest absolute Gasteiger partial charge is 0.132 e. The fraction of sp³-hybridized carbons (Fsp3) is 0.102. The molecule has 1 fully saturated rings. The van der Waals surface area contributed by atoms with Crippen molar-refractivity contribution in [1.29, 1.82) is 0 Å². The number of rotatable bonds is 9. The van der Waals surface area contributed by atoms with E-state index in [4.69, 9.17) is 4.99 Å². The van der Waals surface area contributed by atoms with Gasteiger partial charge in [-0.2, -0.15) is 0 Å². The lowest BCUT2D eigenvalue weighted by atomic mass is 9.86. The van der Waals surface area contributed by atoms with Crippen molar-refractivity contribution < 1.29 is 10.2 Å². The first-order valence-electron chi connectivity index (χ1n) is 22.0. The fourth-order valence-electron chi connectivity index (χ4n) is 10.1. The first-order valence-corrected chi connectivity index (χ1v) is 22.0. The lowest BCUT2D eigenvalue weighted by molar-refractivity contribution is 0.248. The van der Waals surface area contributed by atoms with Crippen molar-refractivity contribution >= 4 is 49.3 Å². The second kappa shape index (κ2) is 16.4. The number of likely N-dealkylation sites (tertiary alicyclic amines) is 1. The number of phenols is 2. The second-order valence-electron chi connectivity index (χ2n) is 16.8. The predicted molar refractivity (Wildman–Crippen MR) is 264 cm³/mol. The molecule has 10 aromatic carbocycles. The SMILES string of the molecule is Oc1c(C=NC[C@@H]2CCCN2Cc2cc3ccccc3c(-c3c(-c4ccccc4)ccc4ccccc34)c2O)cc2ccccc2c1-c1c(-c2ccccc2)ccc2ccccc12. The highest BCUT2D eigenvalue weighted by atomic mass is 16.3. The summed E-state index contributed by atoms with van der Waals surface area (Å²) in [5.41, 5.74) is 9.73. The van der Waals surface area contributed by atoms with Crippen LogP contribution in [0.5, 0.6) is 11.5 Å². The van der Waals surface area contributed by atoms with E-state index < -0.39 is 0 Å². The van der Waals surface area contributed by atoms with Crippen LogP contribution in [0.1, 0.15) is 24.0 Å². The van der Waals surface area contributed by atoms with Gasteiger partial charge in [-0.1, -0.05) is 182 Å². The van der Waals surface area contributed by atoms with E-state index in [0.29, 0.717) is 24.4 Å². The summed E-state index contributed by atoms with van der Waals surface area (Å²) in [6.07, 6.45) is 3.93. The molecular weight excluding hydrogens is 769 g/mol. The van der Waals surface area contributed by atoms with Gasteiger partial charge in [0.25, 0.3) is 0 Å². The van der Waals surface area contributed by atoms with Crippen molar-refractivity contribution in [3.63, 3.8) is 0 Å². The molecular formula is C59H46N2O2. The van der Waals surface area contributed by atoms with E-state index in [2.05, 4.69) is 181 Å². The first-order chi connectivity index (χ1) is 31.1. The zero-order valence-electron chi connectivity index (χ0n) is 35.0. The molecule has 0 spiro atoms. The van der Waals surface area contributed by atoms with Gasteiger partial charge in [0.15, 0.2) is 0 Å². The molecule has 0 bridgehead atoms. The third kappa shape index (κ3) is 6.99. The van der Waals surface area contributed by atoms with E-state index in [-0.39, 0.29) is 11.8 Å². The van der Waals surface area contributed by atoms with E-state index in [9.17, 15) is 10.2 Å². The number of fused-ring (bicyclic) bond motifs is 4. The monoisotopic (exact) mass is 814 g/mol. The molecule has 63 heavy (non-hydrogen) atoms. The first kappa shape index (κ1) is 38.4. The topological polar surface area (TPSA) is 56.1 Å². The van der Waals surface area contributed by atoms with E-state index in [1.807, 2.05) is 24.4 Å². The molecule has 1 aliphatic heterocycles. The van der Waals surface area contributed by atoms with Crippen molar-refractivity contribution in [1.82, 2.24) is 4.90 Å². The summed E-state index contributed by atoms with van der Waals surface area (Å²) in [7, 11) is 0. The summed E-state index contributed by atoms with van der Waals surface area (Å²) in [6, 6.07) is 67.7. The Balaban J connectivity index is 0.960. The van der Waals surface area contributed by atoms with Crippen LogP contribution in [-0.2, 0) is 6.54 Å². The molecule has 4 nitrogen and oxygen atoms in total. The number of hydrogen-bond donors (Lipinski definition) is 2. The van der Waals surface area contributed by atoms with Crippen LogP contribution in [-0.4, -0.2) is 40.5 Å². The highest BCUT2D eigenvalue weighted by Crippen LogP contribution is 2.48. The highest BCUT2D eigenvalue weighted by Gasteiger charge is 2.28. The summed E-state index contributed by atoms with van der Waals surface area (Å²) in [4.78, 5) is 7.56. The van der Waals surface area contributed by atoms with Gasteiger partial charge in [0, 0.05) is 52.2 Å². The minimum atomic E-state index is 0.179. The van der Waals surface area contributed by atoms with E-state index in [1.165, 1.54) is 0 Å². The maximum atomic E-state index is 12.6. The van der Waals surface area contributed by atoms with Crippen molar-refractivity contribution in [2.45, 2.75) is 25.4 Å². The molecule has 0 amide bonds. The molecule has 0 radical (unpaired) electrons. The molecule has 0 saturated carbocycles. The highest BCUT2D eigenvalue weighted by molar-refractivity contribution is 6.15. The van der Waals surface area contributed by atoms with Gasteiger partial charge < -0.3 is 10.2 Å². The number of phenolic OH excluding ortho intramolecular Hbond substituents is 2. The summed E-state index contributed by atoms with van der Waals surface area (Å²) in [5, 5.41) is 33.6. The predicted octanol–water partition coefficient (Wildman–Crippen LogP) is 14.5. The van der Waals surface area contributed by atoms with Crippen LogP contribution in [0.4, 0.5) is 0 Å². The van der Waals surface area contributed by atoms with Crippen LogP contribution in [0.3, 0.4) is 0 Å². The maximum Gasteiger partial charge on any atom is 0.132 e. The Morgan fingerprint density at radius 1 is 0.476 bits per heavy atom. The third-order valence-electron chi connectivity index (χ3n) is 13.1. The summed E-state index contributed by atoms with van der Waals surface area (Å²) < 4.78 is 0. The second-order valence-corrected chi connectivity index (χ2v) is 16.8. The van der Waals surface area contributed by atoms with Gasteiger partial charge in [-0.3, -0.25) is 9.89 Å². The van der Waals surface area contributed by atoms with Crippen LogP contribution >= 0.6 is 0 Å². The molecule has 10 aromatic rings. The molecule has 1 aliphatic rings. The normalized spacial score (nSPS) is 14.4. The maximum absolute atomic E-state index is 12.6. The van der Waals surface area contributed by atoms with Gasteiger partial charge in [0.05, 0.1) is 6.54 Å². The fourth-order valence-corrected chi connectivity index (χ4v) is 10.1. The Kier molecular flexibility index (Phi) is 9.99. The van der Waals surface area contributed by atoms with Gasteiger partial charge in [0.2, 0.25) is 0 Å². The Morgan fingerprint density at radius 3 is 1.49 bits per heavy atom. The molecule has 2 N–H and O–H groups in total. The number of benzene rings is 10. The molecule has 1 saturated heterocycles. The average Bonchev–Trinajstić information content (AvgIpc) is 3.78. The lowest BCUT2D eigenvalue weighted by Crippen LogP contribution is -2.31. The Bertz CT molecular complexity index is 3360. The van der Waals surface area contributed by atoms with Crippen LogP contribution < -0.4 is 0 Å². The molecule has 304 valence electrons. The molecule has 1 atom stereocenters. The Morgan fingerprint density at radius 2 is 0.937 bits per heavy atom. The van der Waals surface area contributed by atoms with E-state index in [0.717, 1.165) is 113 Å². The largest absolute Gasteiger partial charge is 0.507 e. The summed E-state index contributed by atoms with van der Waals surface area (Å²) >= 11 is 0. The molecule has 1 heterocycles. The lowest BCUT2D eigenvalue weighted by Gasteiger charge is -2.25. The number of nitrogens with zero attached hydrogens (tertiary/aromatic N) is 2. The zero-order chi connectivity index (χ0) is 42.3. The minimum absolute atomic E-state index is 0.179. The molecule has 0 aromatic heterocycles.